The molecule has 2 saturated carbocycles. The van der Waals surface area contributed by atoms with Crippen LogP contribution in [-0.4, -0.2) is 6.29 Å². The van der Waals surface area contributed by atoms with Crippen molar-refractivity contribution in [2.24, 2.45) is 11.8 Å². The third-order valence-corrected chi connectivity index (χ3v) is 4.81. The van der Waals surface area contributed by atoms with Crippen molar-refractivity contribution in [3.63, 3.8) is 0 Å². The van der Waals surface area contributed by atoms with Gasteiger partial charge in [-0.05, 0) is 42.9 Å². The summed E-state index contributed by atoms with van der Waals surface area (Å²) in [5, 5.41) is 0. The largest absolute Gasteiger partial charge is 0.416 e. The van der Waals surface area contributed by atoms with E-state index in [4.69, 9.17) is 0 Å². The molecule has 0 aromatic heterocycles. The molecule has 2 unspecified atom stereocenters. The molecule has 0 spiro atoms. The van der Waals surface area contributed by atoms with Gasteiger partial charge < -0.3 is 4.79 Å². The van der Waals surface area contributed by atoms with Crippen molar-refractivity contribution < 1.29 is 18.0 Å². The van der Waals surface area contributed by atoms with Gasteiger partial charge in [0.15, 0.2) is 0 Å². The minimum Gasteiger partial charge on any atom is -0.303 e. The molecule has 4 heteroatoms. The topological polar surface area (TPSA) is 17.1 Å². The molecule has 1 aromatic carbocycles. The third kappa shape index (κ3) is 1.88. The molecular formula is C15H15F3O. The molecule has 2 atom stereocenters. The Morgan fingerprint density at radius 3 is 2.16 bits per heavy atom. The fraction of sp³-hybridized carbons (Fsp3) is 0.533. The van der Waals surface area contributed by atoms with Gasteiger partial charge in [-0.25, -0.2) is 0 Å². The average Bonchev–Trinajstić information content (AvgIpc) is 3.01. The lowest BCUT2D eigenvalue weighted by molar-refractivity contribution is -0.137. The van der Waals surface area contributed by atoms with Gasteiger partial charge in [-0.15, -0.1) is 0 Å². The second-order valence-corrected chi connectivity index (χ2v) is 5.69. The zero-order valence-corrected chi connectivity index (χ0v) is 10.4. The summed E-state index contributed by atoms with van der Waals surface area (Å²) in [4.78, 5) is 11.0. The van der Waals surface area contributed by atoms with E-state index in [0.29, 0.717) is 5.92 Å². The van der Waals surface area contributed by atoms with Gasteiger partial charge in [0.05, 0.1) is 5.56 Å². The first-order valence-corrected chi connectivity index (χ1v) is 6.61. The van der Waals surface area contributed by atoms with Gasteiger partial charge >= 0.3 is 6.18 Å². The maximum atomic E-state index is 12.6. The molecule has 1 aromatic rings. The highest BCUT2D eigenvalue weighted by Crippen LogP contribution is 2.63. The van der Waals surface area contributed by atoms with Gasteiger partial charge in [-0.1, -0.05) is 18.6 Å². The molecule has 0 aliphatic heterocycles. The first-order valence-electron chi connectivity index (χ1n) is 6.61. The zero-order chi connectivity index (χ0) is 13.7. The van der Waals surface area contributed by atoms with Crippen LogP contribution in [0.3, 0.4) is 0 Å². The van der Waals surface area contributed by atoms with Crippen molar-refractivity contribution in [1.29, 1.82) is 0 Å². The highest BCUT2D eigenvalue weighted by atomic mass is 19.4. The van der Waals surface area contributed by atoms with Crippen LogP contribution in [0, 0.1) is 11.8 Å². The van der Waals surface area contributed by atoms with Gasteiger partial charge in [0.2, 0.25) is 0 Å². The van der Waals surface area contributed by atoms with Crippen LogP contribution in [0.5, 0.6) is 0 Å². The van der Waals surface area contributed by atoms with Gasteiger partial charge in [0, 0.05) is 11.3 Å². The maximum Gasteiger partial charge on any atom is 0.416 e. The minimum absolute atomic E-state index is 0.00506. The van der Waals surface area contributed by atoms with Crippen LogP contribution in [-0.2, 0) is 16.4 Å². The quantitative estimate of drug-likeness (QED) is 0.758. The lowest BCUT2D eigenvalue weighted by Gasteiger charge is -2.35. The van der Waals surface area contributed by atoms with E-state index in [0.717, 1.165) is 43.2 Å². The maximum absolute atomic E-state index is 12.6. The third-order valence-electron chi connectivity index (χ3n) is 4.81. The Hall–Kier alpha value is -1.32. The Morgan fingerprint density at radius 1 is 1.16 bits per heavy atom. The molecule has 2 fully saturated rings. The van der Waals surface area contributed by atoms with E-state index in [-0.39, 0.29) is 11.3 Å². The van der Waals surface area contributed by atoms with E-state index >= 15 is 0 Å². The highest BCUT2D eigenvalue weighted by molar-refractivity contribution is 5.65. The summed E-state index contributed by atoms with van der Waals surface area (Å²) in [6, 6.07) is 5.39. The Kier molecular flexibility index (Phi) is 2.73. The first kappa shape index (κ1) is 12.7. The number of rotatable bonds is 3. The van der Waals surface area contributed by atoms with E-state index in [1.165, 1.54) is 6.42 Å². The second-order valence-electron chi connectivity index (χ2n) is 5.69. The summed E-state index contributed by atoms with van der Waals surface area (Å²) in [7, 11) is 0. The molecule has 0 N–H and O–H groups in total. The van der Waals surface area contributed by atoms with E-state index in [1.807, 2.05) is 0 Å². The number of halogens is 3. The summed E-state index contributed by atoms with van der Waals surface area (Å²) < 4.78 is 37.7. The van der Waals surface area contributed by atoms with Crippen molar-refractivity contribution >= 4 is 6.29 Å². The summed E-state index contributed by atoms with van der Waals surface area (Å²) in [6.45, 7) is 0. The first-order chi connectivity index (χ1) is 8.98. The number of aldehydes is 1. The summed E-state index contributed by atoms with van der Waals surface area (Å²) in [5.74, 6) is 0.467. The zero-order valence-electron chi connectivity index (χ0n) is 10.4. The molecule has 0 bridgehead atoms. The number of hydrogen-bond acceptors (Lipinski definition) is 1. The van der Waals surface area contributed by atoms with Crippen molar-refractivity contribution in [1.82, 2.24) is 0 Å². The van der Waals surface area contributed by atoms with Crippen LogP contribution in [0.15, 0.2) is 24.3 Å². The average molecular weight is 268 g/mol. The second kappa shape index (κ2) is 4.09. The molecule has 19 heavy (non-hydrogen) atoms. The van der Waals surface area contributed by atoms with Gasteiger partial charge in [-0.3, -0.25) is 0 Å². The number of carbonyl (C=O) groups is 1. The van der Waals surface area contributed by atoms with Crippen molar-refractivity contribution in [2.45, 2.75) is 37.3 Å². The summed E-state index contributed by atoms with van der Waals surface area (Å²) >= 11 is 0. The van der Waals surface area contributed by atoms with Gasteiger partial charge in [-0.2, -0.15) is 13.2 Å². The van der Waals surface area contributed by atoms with Crippen LogP contribution in [0.2, 0.25) is 0 Å². The van der Waals surface area contributed by atoms with Crippen molar-refractivity contribution in [3.8, 4) is 0 Å². The molecule has 0 saturated heterocycles. The molecule has 2 aliphatic rings. The number of carbonyl (C=O) groups excluding carboxylic acids is 1. The standard InChI is InChI=1S/C15H15F3O/c16-15(17,18)12-6-4-11(5-7-12)14(8-13(14)9-19)10-2-1-3-10/h4-7,9-10,13H,1-3,8H2. The van der Waals surface area contributed by atoms with Crippen molar-refractivity contribution in [3.05, 3.63) is 35.4 Å². The number of benzene rings is 1. The van der Waals surface area contributed by atoms with Gasteiger partial charge in [0.1, 0.15) is 6.29 Å². The summed E-state index contributed by atoms with van der Waals surface area (Å²) in [6.07, 6.45) is 0.813. The Morgan fingerprint density at radius 2 is 1.79 bits per heavy atom. The Bertz CT molecular complexity index is 487. The predicted molar refractivity (Wildman–Crippen MR) is 64.6 cm³/mol. The van der Waals surface area contributed by atoms with Crippen LogP contribution in [0.25, 0.3) is 0 Å². The Balaban J connectivity index is 1.90. The SMILES string of the molecule is O=CC1CC1(c1ccc(C(F)(F)F)cc1)C1CCC1. The molecular weight excluding hydrogens is 253 g/mol. The molecule has 1 nitrogen and oxygen atoms in total. The normalized spacial score (nSPS) is 30.8. The van der Waals surface area contributed by atoms with Crippen LogP contribution in [0.1, 0.15) is 36.8 Å². The fourth-order valence-corrected chi connectivity index (χ4v) is 3.40. The van der Waals surface area contributed by atoms with Crippen molar-refractivity contribution in [2.75, 3.05) is 0 Å². The van der Waals surface area contributed by atoms with Crippen LogP contribution in [0.4, 0.5) is 13.2 Å². The lowest BCUT2D eigenvalue weighted by atomic mass is 9.69. The van der Waals surface area contributed by atoms with Crippen LogP contribution >= 0.6 is 0 Å². The highest BCUT2D eigenvalue weighted by Gasteiger charge is 2.60. The van der Waals surface area contributed by atoms with E-state index in [9.17, 15) is 18.0 Å². The van der Waals surface area contributed by atoms with Crippen LogP contribution < -0.4 is 0 Å². The molecule has 102 valence electrons. The fourth-order valence-electron chi connectivity index (χ4n) is 3.40. The predicted octanol–water partition coefficient (Wildman–Crippen LogP) is 3.96. The van der Waals surface area contributed by atoms with Gasteiger partial charge in [0.25, 0.3) is 0 Å². The smallest absolute Gasteiger partial charge is 0.303 e. The molecule has 0 amide bonds. The van der Waals surface area contributed by atoms with E-state index in [2.05, 4.69) is 0 Å². The van der Waals surface area contributed by atoms with E-state index in [1.54, 1.807) is 12.1 Å². The number of hydrogen-bond donors (Lipinski definition) is 0. The molecule has 0 heterocycles. The molecule has 0 radical (unpaired) electrons. The minimum atomic E-state index is -4.30. The number of alkyl halides is 3. The monoisotopic (exact) mass is 268 g/mol. The molecule has 3 rings (SSSR count). The Labute approximate surface area is 109 Å². The van der Waals surface area contributed by atoms with E-state index < -0.39 is 11.7 Å². The summed E-state index contributed by atoms with van der Waals surface area (Å²) in [5.41, 5.74) is 0.120. The molecule has 2 aliphatic carbocycles. The lowest BCUT2D eigenvalue weighted by Crippen LogP contribution is -2.29.